The van der Waals surface area contributed by atoms with Crippen LogP contribution in [0.25, 0.3) is 12.2 Å². The predicted octanol–water partition coefficient (Wildman–Crippen LogP) is 3.09. The first-order valence-electron chi connectivity index (χ1n) is 6.21. The van der Waals surface area contributed by atoms with E-state index in [9.17, 15) is 25.0 Å². The highest BCUT2D eigenvalue weighted by Crippen LogP contribution is 2.31. The number of para-hydroxylation sites is 1. The number of nitro benzene ring substituents is 2. The number of hydrogen-bond donors (Lipinski definition) is 1. The van der Waals surface area contributed by atoms with Crippen molar-refractivity contribution < 1.29 is 14.6 Å². The summed E-state index contributed by atoms with van der Waals surface area (Å²) in [5, 5.41) is 26.5. The third-order valence-electron chi connectivity index (χ3n) is 2.66. The summed E-state index contributed by atoms with van der Waals surface area (Å²) in [4.78, 5) is 35.4. The molecule has 1 heterocycles. The molecule has 0 atom stereocenters. The summed E-state index contributed by atoms with van der Waals surface area (Å²) >= 11 is 1.20. The maximum Gasteiger partial charge on any atom is 0.353 e. The van der Waals surface area contributed by atoms with Crippen molar-refractivity contribution in [1.82, 2.24) is 4.98 Å². The molecule has 0 aliphatic carbocycles. The van der Waals surface area contributed by atoms with Gasteiger partial charge in [0.1, 0.15) is 0 Å². The smallest absolute Gasteiger partial charge is 0.302 e. The fourth-order valence-corrected chi connectivity index (χ4v) is 2.50. The van der Waals surface area contributed by atoms with Crippen LogP contribution >= 0.6 is 11.3 Å². The third kappa shape index (κ3) is 3.95. The first-order valence-corrected chi connectivity index (χ1v) is 7.09. The van der Waals surface area contributed by atoms with Crippen LogP contribution in [-0.2, 0) is 4.79 Å². The zero-order valence-electron chi connectivity index (χ0n) is 11.8. The molecule has 0 fully saturated rings. The molecule has 2 rings (SSSR count). The Morgan fingerprint density at radius 2 is 2.00 bits per heavy atom. The number of hydrogen-bond acceptors (Lipinski definition) is 7. The van der Waals surface area contributed by atoms with Gasteiger partial charge in [0, 0.05) is 18.4 Å². The molecule has 0 unspecified atom stereocenters. The van der Waals surface area contributed by atoms with E-state index in [4.69, 9.17) is 0 Å². The molecular weight excluding hydrogens is 324 g/mol. The number of thiazole rings is 1. The molecule has 0 bridgehead atoms. The molecule has 1 amide bonds. The molecule has 2 aromatic rings. The molecule has 1 N–H and O–H groups in total. The fraction of sp³-hybridized carbons (Fsp3) is 0.0769. The molecule has 0 aliphatic rings. The molecule has 9 nitrogen and oxygen atoms in total. The van der Waals surface area contributed by atoms with Crippen LogP contribution in [0.2, 0.25) is 0 Å². The fourth-order valence-electron chi connectivity index (χ4n) is 1.78. The van der Waals surface area contributed by atoms with Gasteiger partial charge in [-0.15, -0.1) is 11.3 Å². The lowest BCUT2D eigenvalue weighted by atomic mass is 10.1. The average molecular weight is 334 g/mol. The van der Waals surface area contributed by atoms with Crippen LogP contribution in [0.1, 0.15) is 18.2 Å². The van der Waals surface area contributed by atoms with E-state index >= 15 is 0 Å². The Hall–Kier alpha value is -3.14. The van der Waals surface area contributed by atoms with Gasteiger partial charge >= 0.3 is 11.4 Å². The molecule has 0 spiro atoms. The lowest BCUT2D eigenvalue weighted by Gasteiger charge is -1.98. The first kappa shape index (κ1) is 16.2. The number of nitro groups is 2. The Kier molecular flexibility index (Phi) is 4.76. The molecule has 0 aliphatic heterocycles. The number of carbonyl (C=O) groups excluding carboxylic acids is 1. The van der Waals surface area contributed by atoms with Gasteiger partial charge in [-0.1, -0.05) is 6.07 Å². The number of nitrogens with zero attached hydrogens (tertiary/aromatic N) is 3. The SMILES string of the molecule is CC(=O)Nc1nc(/C=C\c2cccc([N+](=O)[O-])c2[N+](=O)[O-])cs1. The molecule has 10 heteroatoms. The number of rotatable bonds is 5. The van der Waals surface area contributed by atoms with Crippen molar-refractivity contribution in [1.29, 1.82) is 0 Å². The normalized spacial score (nSPS) is 10.7. The van der Waals surface area contributed by atoms with Gasteiger partial charge in [-0.3, -0.25) is 25.0 Å². The Morgan fingerprint density at radius 1 is 1.26 bits per heavy atom. The van der Waals surface area contributed by atoms with Crippen molar-refractivity contribution in [2.24, 2.45) is 0 Å². The van der Waals surface area contributed by atoms with Crippen molar-refractivity contribution in [3.63, 3.8) is 0 Å². The van der Waals surface area contributed by atoms with Gasteiger partial charge in [-0.05, 0) is 18.2 Å². The standard InChI is InChI=1S/C13H10N4O5S/c1-8(18)14-13-15-10(7-23-13)6-5-9-3-2-4-11(16(19)20)12(9)17(21)22/h2-7H,1H3,(H,14,15,18)/b6-5-. The minimum Gasteiger partial charge on any atom is -0.302 e. The molecule has 0 radical (unpaired) electrons. The number of carbonyl (C=O) groups is 1. The monoisotopic (exact) mass is 334 g/mol. The summed E-state index contributed by atoms with van der Waals surface area (Å²) in [7, 11) is 0. The van der Waals surface area contributed by atoms with Crippen molar-refractivity contribution in [2.75, 3.05) is 5.32 Å². The van der Waals surface area contributed by atoms with Crippen LogP contribution in [-0.4, -0.2) is 20.7 Å². The summed E-state index contributed by atoms with van der Waals surface area (Å²) in [6, 6.07) is 3.85. The minimum absolute atomic E-state index is 0.0956. The van der Waals surface area contributed by atoms with Gasteiger partial charge in [-0.2, -0.15) is 0 Å². The van der Waals surface area contributed by atoms with Crippen LogP contribution < -0.4 is 5.32 Å². The predicted molar refractivity (Wildman–Crippen MR) is 85.1 cm³/mol. The Balaban J connectivity index is 2.34. The number of anilines is 1. The number of aromatic nitrogens is 1. The Morgan fingerprint density at radius 3 is 2.61 bits per heavy atom. The molecule has 0 saturated carbocycles. The van der Waals surface area contributed by atoms with E-state index in [0.29, 0.717) is 10.8 Å². The van der Waals surface area contributed by atoms with E-state index < -0.39 is 21.2 Å². The largest absolute Gasteiger partial charge is 0.353 e. The summed E-state index contributed by atoms with van der Waals surface area (Å²) in [6.07, 6.45) is 2.85. The highest BCUT2D eigenvalue weighted by Gasteiger charge is 2.26. The van der Waals surface area contributed by atoms with Crippen LogP contribution in [0, 0.1) is 20.2 Å². The van der Waals surface area contributed by atoms with Crippen molar-refractivity contribution in [3.8, 4) is 0 Å². The number of nitrogens with one attached hydrogen (secondary N) is 1. The van der Waals surface area contributed by atoms with Gasteiger partial charge in [0.2, 0.25) is 5.91 Å². The zero-order valence-corrected chi connectivity index (χ0v) is 12.6. The third-order valence-corrected chi connectivity index (χ3v) is 3.44. The Labute approximate surface area is 133 Å². The lowest BCUT2D eigenvalue weighted by Crippen LogP contribution is -2.04. The maximum absolute atomic E-state index is 11.1. The second-order valence-electron chi connectivity index (χ2n) is 4.32. The van der Waals surface area contributed by atoms with E-state index in [1.807, 2.05) is 0 Å². The summed E-state index contributed by atoms with van der Waals surface area (Å²) in [6.45, 7) is 1.35. The van der Waals surface area contributed by atoms with Gasteiger partial charge in [-0.25, -0.2) is 4.98 Å². The van der Waals surface area contributed by atoms with Gasteiger partial charge in [0.15, 0.2) is 5.13 Å². The quantitative estimate of drug-likeness (QED) is 0.661. The van der Waals surface area contributed by atoms with E-state index in [0.717, 1.165) is 6.07 Å². The van der Waals surface area contributed by atoms with Crippen LogP contribution in [0.3, 0.4) is 0 Å². The molecule has 1 aromatic carbocycles. The van der Waals surface area contributed by atoms with Gasteiger partial charge in [0.05, 0.1) is 21.1 Å². The molecule has 118 valence electrons. The second kappa shape index (κ2) is 6.75. The van der Waals surface area contributed by atoms with Gasteiger partial charge < -0.3 is 5.32 Å². The first-order chi connectivity index (χ1) is 10.9. The second-order valence-corrected chi connectivity index (χ2v) is 5.18. The van der Waals surface area contributed by atoms with E-state index in [2.05, 4.69) is 10.3 Å². The van der Waals surface area contributed by atoms with E-state index in [1.54, 1.807) is 5.38 Å². The van der Waals surface area contributed by atoms with Gasteiger partial charge in [0.25, 0.3) is 0 Å². The summed E-state index contributed by atoms with van der Waals surface area (Å²) in [5.74, 6) is -0.260. The van der Waals surface area contributed by atoms with E-state index in [-0.39, 0.29) is 11.5 Å². The minimum atomic E-state index is -0.798. The maximum atomic E-state index is 11.1. The molecule has 1 aromatic heterocycles. The lowest BCUT2D eigenvalue weighted by molar-refractivity contribution is -0.422. The number of benzene rings is 1. The highest BCUT2D eigenvalue weighted by atomic mass is 32.1. The Bertz CT molecular complexity index is 814. The summed E-state index contributed by atoms with van der Waals surface area (Å²) in [5.41, 5.74) is -0.585. The molecular formula is C13H10N4O5S. The summed E-state index contributed by atoms with van der Waals surface area (Å²) < 4.78 is 0. The van der Waals surface area contributed by atoms with Crippen LogP contribution in [0.15, 0.2) is 23.6 Å². The highest BCUT2D eigenvalue weighted by molar-refractivity contribution is 7.14. The van der Waals surface area contributed by atoms with Crippen LogP contribution in [0.5, 0.6) is 0 Å². The van der Waals surface area contributed by atoms with Crippen LogP contribution in [0.4, 0.5) is 16.5 Å². The van der Waals surface area contributed by atoms with Crippen molar-refractivity contribution in [2.45, 2.75) is 6.92 Å². The average Bonchev–Trinajstić information content (AvgIpc) is 2.91. The number of amides is 1. The van der Waals surface area contributed by atoms with Crippen molar-refractivity contribution in [3.05, 3.63) is 55.1 Å². The van der Waals surface area contributed by atoms with E-state index in [1.165, 1.54) is 42.5 Å². The molecule has 23 heavy (non-hydrogen) atoms. The zero-order chi connectivity index (χ0) is 17.0. The topological polar surface area (TPSA) is 128 Å². The molecule has 0 saturated heterocycles. The van der Waals surface area contributed by atoms with Crippen molar-refractivity contribution >= 4 is 45.9 Å².